The zero-order valence-corrected chi connectivity index (χ0v) is 22.0. The van der Waals surface area contributed by atoms with Crippen LogP contribution in [0.2, 0.25) is 0 Å². The SMILES string of the molecule is COC(=O)Oc1c2n(ccc1=O)N(C1c3ccc(F)cc3-c3ccsc3-c3ccccc31)[C@@H]1COCCN1C2=O. The molecule has 2 aromatic carbocycles. The van der Waals surface area contributed by atoms with Gasteiger partial charge in [0, 0.05) is 29.2 Å². The Labute approximate surface area is 231 Å². The summed E-state index contributed by atoms with van der Waals surface area (Å²) in [6, 6.07) is 15.3. The molecule has 9 nitrogen and oxygen atoms in total. The maximum atomic E-state index is 14.8. The number of hydrogen-bond acceptors (Lipinski definition) is 8. The van der Waals surface area contributed by atoms with Gasteiger partial charge in [0.2, 0.25) is 11.2 Å². The number of rotatable bonds is 2. The summed E-state index contributed by atoms with van der Waals surface area (Å²) in [7, 11) is 1.12. The highest BCUT2D eigenvalue weighted by Crippen LogP contribution is 2.50. The van der Waals surface area contributed by atoms with Gasteiger partial charge in [0.25, 0.3) is 5.91 Å². The third-order valence-electron chi connectivity index (χ3n) is 7.54. The molecule has 0 radical (unpaired) electrons. The molecule has 40 heavy (non-hydrogen) atoms. The second-order valence-corrected chi connectivity index (χ2v) is 10.5. The molecule has 7 rings (SSSR count). The third kappa shape index (κ3) is 3.58. The molecule has 2 atom stereocenters. The smallest absolute Gasteiger partial charge is 0.437 e. The maximum absolute atomic E-state index is 14.8. The monoisotopic (exact) mass is 559 g/mol. The molecular formula is C29H22FN3O6S. The molecule has 1 fully saturated rings. The van der Waals surface area contributed by atoms with Crippen molar-refractivity contribution in [3.05, 3.63) is 99.0 Å². The highest BCUT2D eigenvalue weighted by Gasteiger charge is 2.46. The molecule has 0 saturated carbocycles. The predicted octanol–water partition coefficient (Wildman–Crippen LogP) is 4.38. The number of hydrogen-bond donors (Lipinski definition) is 0. The van der Waals surface area contributed by atoms with Gasteiger partial charge in [-0.25, -0.2) is 9.18 Å². The van der Waals surface area contributed by atoms with Crippen molar-refractivity contribution in [2.75, 3.05) is 31.9 Å². The van der Waals surface area contributed by atoms with Crippen molar-refractivity contribution in [1.82, 2.24) is 9.58 Å². The first-order valence-electron chi connectivity index (χ1n) is 12.6. The number of amides is 1. The molecule has 0 bridgehead atoms. The summed E-state index contributed by atoms with van der Waals surface area (Å²) in [6.07, 6.45) is -0.188. The average Bonchev–Trinajstić information content (AvgIpc) is 3.43. The van der Waals surface area contributed by atoms with Crippen molar-refractivity contribution in [3.8, 4) is 27.3 Å². The van der Waals surface area contributed by atoms with E-state index in [-0.39, 0.29) is 24.7 Å². The largest absolute Gasteiger partial charge is 0.513 e. The van der Waals surface area contributed by atoms with E-state index in [4.69, 9.17) is 9.47 Å². The van der Waals surface area contributed by atoms with E-state index >= 15 is 0 Å². The lowest BCUT2D eigenvalue weighted by atomic mass is 9.92. The van der Waals surface area contributed by atoms with E-state index in [9.17, 15) is 18.8 Å². The quantitative estimate of drug-likeness (QED) is 0.337. The number of carbonyl (C=O) groups is 2. The molecule has 202 valence electrons. The summed E-state index contributed by atoms with van der Waals surface area (Å²) in [5.41, 5.74) is 3.62. The molecule has 1 amide bonds. The number of thiophene rings is 1. The van der Waals surface area contributed by atoms with Crippen molar-refractivity contribution < 1.29 is 28.2 Å². The van der Waals surface area contributed by atoms with Crippen LogP contribution in [0.25, 0.3) is 21.6 Å². The van der Waals surface area contributed by atoms with Crippen LogP contribution in [0.1, 0.15) is 27.7 Å². The van der Waals surface area contributed by atoms with Crippen LogP contribution in [-0.4, -0.2) is 54.7 Å². The normalized spacial score (nSPS) is 19.0. The number of ether oxygens (including phenoxy) is 3. The van der Waals surface area contributed by atoms with E-state index in [0.717, 1.165) is 39.8 Å². The Morgan fingerprint density at radius 1 is 1.05 bits per heavy atom. The van der Waals surface area contributed by atoms with Gasteiger partial charge in [-0.3, -0.25) is 19.3 Å². The number of benzene rings is 2. The minimum atomic E-state index is -1.11. The first-order chi connectivity index (χ1) is 19.5. The Morgan fingerprint density at radius 2 is 1.88 bits per heavy atom. The maximum Gasteiger partial charge on any atom is 0.513 e. The third-order valence-corrected chi connectivity index (χ3v) is 8.49. The molecule has 1 aliphatic carbocycles. The number of pyridine rings is 1. The van der Waals surface area contributed by atoms with Gasteiger partial charge in [-0.2, -0.15) is 0 Å². The Kier molecular flexibility index (Phi) is 5.72. The van der Waals surface area contributed by atoms with Crippen LogP contribution < -0.4 is 15.2 Å². The van der Waals surface area contributed by atoms with Crippen molar-refractivity contribution in [3.63, 3.8) is 0 Å². The van der Waals surface area contributed by atoms with E-state index in [1.165, 1.54) is 24.4 Å². The minimum Gasteiger partial charge on any atom is -0.437 e. The molecule has 3 aliphatic rings. The van der Waals surface area contributed by atoms with Crippen LogP contribution in [0.4, 0.5) is 9.18 Å². The zero-order valence-electron chi connectivity index (χ0n) is 21.2. The Balaban J connectivity index is 1.54. The summed E-state index contributed by atoms with van der Waals surface area (Å²) >= 11 is 1.57. The van der Waals surface area contributed by atoms with Gasteiger partial charge in [0.1, 0.15) is 12.0 Å². The number of aromatic nitrogens is 1. The van der Waals surface area contributed by atoms with Crippen molar-refractivity contribution >= 4 is 23.4 Å². The van der Waals surface area contributed by atoms with E-state index in [0.29, 0.717) is 6.61 Å². The molecule has 2 aliphatic heterocycles. The minimum absolute atomic E-state index is 0.101. The second-order valence-electron chi connectivity index (χ2n) is 9.58. The van der Waals surface area contributed by atoms with Crippen molar-refractivity contribution in [1.29, 1.82) is 0 Å². The molecule has 0 spiro atoms. The van der Waals surface area contributed by atoms with Gasteiger partial charge in [-0.05, 0) is 45.8 Å². The fraction of sp³-hybridized carbons (Fsp3) is 0.207. The predicted molar refractivity (Wildman–Crippen MR) is 145 cm³/mol. The highest BCUT2D eigenvalue weighted by molar-refractivity contribution is 7.14. The van der Waals surface area contributed by atoms with Crippen LogP contribution in [0.3, 0.4) is 0 Å². The topological polar surface area (TPSA) is 90.3 Å². The number of methoxy groups -OCH3 is 1. The number of halogens is 1. The van der Waals surface area contributed by atoms with Gasteiger partial charge >= 0.3 is 6.16 Å². The first kappa shape index (κ1) is 24.6. The fourth-order valence-electron chi connectivity index (χ4n) is 5.87. The Morgan fingerprint density at radius 3 is 2.73 bits per heavy atom. The van der Waals surface area contributed by atoms with Gasteiger partial charge in [-0.15, -0.1) is 11.3 Å². The van der Waals surface area contributed by atoms with Crippen LogP contribution >= 0.6 is 11.3 Å². The summed E-state index contributed by atoms with van der Waals surface area (Å²) < 4.78 is 32.1. The second kappa shape index (κ2) is 9.32. The van der Waals surface area contributed by atoms with E-state index in [1.54, 1.807) is 27.0 Å². The molecule has 4 aromatic rings. The number of carbonyl (C=O) groups excluding carboxylic acids is 2. The van der Waals surface area contributed by atoms with Crippen LogP contribution in [0, 0.1) is 5.82 Å². The van der Waals surface area contributed by atoms with Crippen molar-refractivity contribution in [2.24, 2.45) is 0 Å². The summed E-state index contributed by atoms with van der Waals surface area (Å²) in [4.78, 5) is 41.5. The fourth-order valence-corrected chi connectivity index (χ4v) is 6.83. The number of morpholine rings is 1. The Hall–Kier alpha value is -4.48. The molecule has 2 aromatic heterocycles. The van der Waals surface area contributed by atoms with E-state index in [2.05, 4.69) is 4.74 Å². The van der Waals surface area contributed by atoms with Crippen LogP contribution in [-0.2, 0) is 9.47 Å². The average molecular weight is 560 g/mol. The molecule has 0 N–H and O–H groups in total. The van der Waals surface area contributed by atoms with E-state index in [1.807, 2.05) is 40.7 Å². The van der Waals surface area contributed by atoms with Gasteiger partial charge in [0.15, 0.2) is 5.69 Å². The van der Waals surface area contributed by atoms with Crippen LogP contribution in [0.15, 0.2) is 71.0 Å². The summed E-state index contributed by atoms with van der Waals surface area (Å²) in [5, 5.41) is 3.94. The van der Waals surface area contributed by atoms with Gasteiger partial charge in [-0.1, -0.05) is 30.3 Å². The van der Waals surface area contributed by atoms with Gasteiger partial charge in [0.05, 0.1) is 26.4 Å². The lowest BCUT2D eigenvalue weighted by Crippen LogP contribution is -2.66. The highest BCUT2D eigenvalue weighted by atomic mass is 32.1. The molecule has 11 heteroatoms. The van der Waals surface area contributed by atoms with Crippen LogP contribution in [0.5, 0.6) is 5.75 Å². The van der Waals surface area contributed by atoms with E-state index < -0.39 is 35.4 Å². The lowest BCUT2D eigenvalue weighted by Gasteiger charge is -2.51. The molecule has 1 unspecified atom stereocenters. The number of fused-ring (bicyclic) bond motifs is 7. The van der Waals surface area contributed by atoms with Crippen molar-refractivity contribution in [2.45, 2.75) is 12.2 Å². The summed E-state index contributed by atoms with van der Waals surface area (Å²) in [6.45, 7) is 0.765. The number of nitrogens with zero attached hydrogens (tertiary/aromatic N) is 3. The standard InChI is InChI=1S/C29H22FN3O6S/c1-37-29(36)39-26-22(34)8-10-32-25(26)28(35)31-11-12-38-15-23(31)33(32)24-17-4-2-3-5-19(17)27-20(9-13-40-27)21-14-16(30)6-7-18(21)24/h2-10,13-14,23-24H,11-12,15H2,1H3/t23-,24?/m1/s1. The van der Waals surface area contributed by atoms with Gasteiger partial charge < -0.3 is 19.1 Å². The molecule has 1 saturated heterocycles. The summed E-state index contributed by atoms with van der Waals surface area (Å²) in [5.74, 6) is -1.26. The zero-order chi connectivity index (χ0) is 27.5. The molecular weight excluding hydrogens is 537 g/mol. The lowest BCUT2D eigenvalue weighted by molar-refractivity contribution is -0.0197. The first-order valence-corrected chi connectivity index (χ1v) is 13.5. The molecule has 4 heterocycles. The Bertz CT molecular complexity index is 1750.